The van der Waals surface area contributed by atoms with Crippen molar-refractivity contribution in [3.8, 4) is 17.1 Å². The predicted octanol–water partition coefficient (Wildman–Crippen LogP) is 6.56. The average molecular weight is 387 g/mol. The Balaban J connectivity index is 1.53. The summed E-state index contributed by atoms with van der Waals surface area (Å²) in [5.41, 5.74) is 2.09. The van der Waals surface area contributed by atoms with Gasteiger partial charge in [-0.25, -0.2) is 9.97 Å². The van der Waals surface area contributed by atoms with Crippen LogP contribution in [0, 0.1) is 12.8 Å². The van der Waals surface area contributed by atoms with Crippen molar-refractivity contribution in [2.75, 3.05) is 18.1 Å². The Hall–Kier alpha value is -1.55. The number of unbranched alkanes of at least 4 members (excludes halogenated alkanes) is 3. The van der Waals surface area contributed by atoms with Crippen LogP contribution in [0.2, 0.25) is 0 Å². The highest BCUT2D eigenvalue weighted by molar-refractivity contribution is 7.99. The van der Waals surface area contributed by atoms with Crippen molar-refractivity contribution in [3.63, 3.8) is 0 Å². The topological polar surface area (TPSA) is 35.0 Å². The van der Waals surface area contributed by atoms with Gasteiger partial charge in [-0.1, -0.05) is 33.1 Å². The van der Waals surface area contributed by atoms with Crippen LogP contribution in [0.25, 0.3) is 11.4 Å². The number of ether oxygens (including phenoxy) is 1. The van der Waals surface area contributed by atoms with E-state index in [4.69, 9.17) is 4.74 Å². The van der Waals surface area contributed by atoms with Crippen LogP contribution in [0.5, 0.6) is 5.75 Å². The second-order valence-corrected chi connectivity index (χ2v) is 8.51. The van der Waals surface area contributed by atoms with Gasteiger partial charge >= 0.3 is 0 Å². The van der Waals surface area contributed by atoms with Gasteiger partial charge in [0.1, 0.15) is 5.75 Å². The molecule has 0 radical (unpaired) electrons. The fourth-order valence-electron chi connectivity index (χ4n) is 2.68. The molecule has 0 spiro atoms. The van der Waals surface area contributed by atoms with E-state index in [0.717, 1.165) is 41.6 Å². The minimum atomic E-state index is 0.758. The van der Waals surface area contributed by atoms with Gasteiger partial charge in [0.15, 0.2) is 5.82 Å². The minimum absolute atomic E-state index is 0.758. The van der Waals surface area contributed by atoms with E-state index in [-0.39, 0.29) is 0 Å². The van der Waals surface area contributed by atoms with E-state index in [1.54, 1.807) is 0 Å². The van der Waals surface area contributed by atoms with Crippen molar-refractivity contribution in [3.05, 3.63) is 42.2 Å². The van der Waals surface area contributed by atoms with Crippen molar-refractivity contribution in [2.45, 2.75) is 59.3 Å². The third kappa shape index (κ3) is 8.79. The van der Waals surface area contributed by atoms with Crippen LogP contribution in [-0.2, 0) is 0 Å². The van der Waals surface area contributed by atoms with Crippen LogP contribution in [0.3, 0.4) is 0 Å². The van der Waals surface area contributed by atoms with E-state index in [2.05, 4.69) is 35.6 Å². The van der Waals surface area contributed by atoms with Gasteiger partial charge in [-0.05, 0) is 73.4 Å². The summed E-state index contributed by atoms with van der Waals surface area (Å²) in [6, 6.07) is 8.06. The maximum absolute atomic E-state index is 5.85. The summed E-state index contributed by atoms with van der Waals surface area (Å²) >= 11 is 2.12. The Morgan fingerprint density at radius 2 is 1.67 bits per heavy atom. The Labute approximate surface area is 169 Å². The fourth-order valence-corrected chi connectivity index (χ4v) is 3.86. The lowest BCUT2D eigenvalue weighted by atomic mass is 10.1. The molecule has 0 aliphatic carbocycles. The summed E-state index contributed by atoms with van der Waals surface area (Å²) in [6.45, 7) is 7.42. The highest BCUT2D eigenvalue weighted by Gasteiger charge is 2.02. The van der Waals surface area contributed by atoms with E-state index in [9.17, 15) is 0 Å². The lowest BCUT2D eigenvalue weighted by molar-refractivity contribution is 0.305. The molecule has 1 aromatic carbocycles. The number of nitrogens with zero attached hydrogens (tertiary/aromatic N) is 2. The van der Waals surface area contributed by atoms with Gasteiger partial charge < -0.3 is 4.74 Å². The molecule has 0 aliphatic rings. The van der Waals surface area contributed by atoms with Gasteiger partial charge in [0.2, 0.25) is 0 Å². The summed E-state index contributed by atoms with van der Waals surface area (Å²) in [6.07, 6.45) is 11.4. The number of aryl methyl sites for hydroxylation is 1. The molecular weight excluding hydrogens is 352 g/mol. The van der Waals surface area contributed by atoms with E-state index in [1.807, 2.05) is 43.6 Å². The SMILES string of the molecule is CCC(C)CCSCCCCCCOc1ccc(-c2ncc(C)cn2)cc1. The zero-order chi connectivity index (χ0) is 19.3. The molecule has 4 heteroatoms. The number of thioether (sulfide) groups is 1. The number of hydrogen-bond acceptors (Lipinski definition) is 4. The fraction of sp³-hybridized carbons (Fsp3) is 0.565. The van der Waals surface area contributed by atoms with E-state index in [1.165, 1.54) is 43.6 Å². The van der Waals surface area contributed by atoms with Gasteiger partial charge in [0.05, 0.1) is 6.61 Å². The van der Waals surface area contributed by atoms with Crippen LogP contribution in [0.4, 0.5) is 0 Å². The van der Waals surface area contributed by atoms with Gasteiger partial charge in [0, 0.05) is 18.0 Å². The van der Waals surface area contributed by atoms with Crippen LogP contribution >= 0.6 is 11.8 Å². The molecule has 2 aromatic rings. The molecule has 27 heavy (non-hydrogen) atoms. The van der Waals surface area contributed by atoms with Crippen LogP contribution in [-0.4, -0.2) is 28.1 Å². The van der Waals surface area contributed by atoms with Crippen molar-refractivity contribution < 1.29 is 4.74 Å². The zero-order valence-electron chi connectivity index (χ0n) is 17.1. The first-order chi connectivity index (χ1) is 13.2. The molecule has 148 valence electrons. The number of hydrogen-bond donors (Lipinski definition) is 0. The van der Waals surface area contributed by atoms with E-state index in [0.29, 0.717) is 0 Å². The lowest BCUT2D eigenvalue weighted by Gasteiger charge is -2.08. The van der Waals surface area contributed by atoms with Crippen molar-refractivity contribution in [2.24, 2.45) is 5.92 Å². The lowest BCUT2D eigenvalue weighted by Crippen LogP contribution is -1.98. The molecule has 0 saturated carbocycles. The van der Waals surface area contributed by atoms with E-state index >= 15 is 0 Å². The number of aromatic nitrogens is 2. The van der Waals surface area contributed by atoms with Gasteiger partial charge in [-0.15, -0.1) is 0 Å². The highest BCUT2D eigenvalue weighted by Crippen LogP contribution is 2.19. The molecule has 2 rings (SSSR count). The largest absolute Gasteiger partial charge is 0.494 e. The first kappa shape index (κ1) is 21.7. The zero-order valence-corrected chi connectivity index (χ0v) is 17.9. The third-order valence-electron chi connectivity index (χ3n) is 4.80. The van der Waals surface area contributed by atoms with Crippen molar-refractivity contribution >= 4 is 11.8 Å². The molecule has 1 aromatic heterocycles. The number of benzene rings is 1. The maximum Gasteiger partial charge on any atom is 0.159 e. The molecule has 1 heterocycles. The Morgan fingerprint density at radius 1 is 0.963 bits per heavy atom. The smallest absolute Gasteiger partial charge is 0.159 e. The predicted molar refractivity (Wildman–Crippen MR) is 118 cm³/mol. The van der Waals surface area contributed by atoms with E-state index < -0.39 is 0 Å². The van der Waals surface area contributed by atoms with Crippen LogP contribution in [0.15, 0.2) is 36.7 Å². The van der Waals surface area contributed by atoms with Crippen molar-refractivity contribution in [1.82, 2.24) is 9.97 Å². The first-order valence-electron chi connectivity index (χ1n) is 10.3. The van der Waals surface area contributed by atoms with Gasteiger partial charge in [-0.3, -0.25) is 0 Å². The first-order valence-corrected chi connectivity index (χ1v) is 11.4. The number of rotatable bonds is 13. The standard InChI is InChI=1S/C23H34N2OS/c1-4-19(2)13-16-27-15-8-6-5-7-14-26-22-11-9-21(10-12-22)23-24-17-20(3)18-25-23/h9-12,17-19H,4-8,13-16H2,1-3H3. The quantitative estimate of drug-likeness (QED) is 0.365. The molecule has 1 atom stereocenters. The molecule has 0 fully saturated rings. The van der Waals surface area contributed by atoms with Crippen LogP contribution in [0.1, 0.15) is 57.9 Å². The summed E-state index contributed by atoms with van der Waals surface area (Å²) in [5.74, 6) is 5.19. The summed E-state index contributed by atoms with van der Waals surface area (Å²) < 4.78 is 5.85. The van der Waals surface area contributed by atoms with Crippen LogP contribution < -0.4 is 4.74 Å². The van der Waals surface area contributed by atoms with Gasteiger partial charge in [-0.2, -0.15) is 11.8 Å². The Kier molecular flexibility index (Phi) is 10.3. The monoisotopic (exact) mass is 386 g/mol. The second-order valence-electron chi connectivity index (χ2n) is 7.29. The molecule has 0 saturated heterocycles. The molecule has 0 aliphatic heterocycles. The average Bonchev–Trinajstić information content (AvgIpc) is 2.70. The molecule has 0 bridgehead atoms. The third-order valence-corrected chi connectivity index (χ3v) is 5.90. The summed E-state index contributed by atoms with van der Waals surface area (Å²) in [5, 5.41) is 0. The molecule has 0 N–H and O–H groups in total. The molecule has 3 nitrogen and oxygen atoms in total. The summed E-state index contributed by atoms with van der Waals surface area (Å²) in [4.78, 5) is 8.72. The van der Waals surface area contributed by atoms with Gasteiger partial charge in [0.25, 0.3) is 0 Å². The second kappa shape index (κ2) is 12.8. The maximum atomic E-state index is 5.85. The Morgan fingerprint density at radius 3 is 2.37 bits per heavy atom. The Bertz CT molecular complexity index is 628. The highest BCUT2D eigenvalue weighted by atomic mass is 32.2. The van der Waals surface area contributed by atoms with Crippen molar-refractivity contribution in [1.29, 1.82) is 0 Å². The molecular formula is C23H34N2OS. The minimum Gasteiger partial charge on any atom is -0.494 e. The molecule has 1 unspecified atom stereocenters. The summed E-state index contributed by atoms with van der Waals surface area (Å²) in [7, 11) is 0. The molecule has 0 amide bonds. The normalized spacial score (nSPS) is 12.1.